The summed E-state index contributed by atoms with van der Waals surface area (Å²) in [4.78, 5) is 11.7. The second-order valence-corrected chi connectivity index (χ2v) is 3.42. The lowest BCUT2D eigenvalue weighted by Crippen LogP contribution is -2.09. The summed E-state index contributed by atoms with van der Waals surface area (Å²) in [6.07, 6.45) is 1.84. The van der Waals surface area contributed by atoms with Crippen LogP contribution in [0.2, 0.25) is 0 Å². The van der Waals surface area contributed by atoms with Crippen LogP contribution in [0, 0.1) is 0 Å². The molecule has 0 radical (unpaired) electrons. The first-order valence-corrected chi connectivity index (χ1v) is 5.30. The molecule has 0 unspecified atom stereocenters. The Morgan fingerprint density at radius 2 is 2.19 bits per heavy atom. The molecule has 16 heavy (non-hydrogen) atoms. The molecule has 1 aromatic rings. The lowest BCUT2D eigenvalue weighted by Gasteiger charge is -2.10. The number of ether oxygens (including phenoxy) is 2. The van der Waals surface area contributed by atoms with E-state index in [2.05, 4.69) is 0 Å². The van der Waals surface area contributed by atoms with Crippen molar-refractivity contribution in [3.8, 4) is 5.75 Å². The smallest absolute Gasteiger partial charge is 0.342 e. The number of hydrogen-bond donors (Lipinski definition) is 1. The molecular formula is C12H17NO3. The van der Waals surface area contributed by atoms with Crippen molar-refractivity contribution in [1.82, 2.24) is 0 Å². The quantitative estimate of drug-likeness (QED) is 0.472. The van der Waals surface area contributed by atoms with Gasteiger partial charge in [0.15, 0.2) is 5.75 Å². The molecule has 0 saturated heterocycles. The molecule has 0 aliphatic heterocycles. The molecule has 0 fully saturated rings. The summed E-state index contributed by atoms with van der Waals surface area (Å²) in [6.45, 7) is 2.46. The first-order valence-electron chi connectivity index (χ1n) is 5.30. The lowest BCUT2D eigenvalue weighted by atomic mass is 10.2. The maximum absolute atomic E-state index is 11.7. The average Bonchev–Trinajstić information content (AvgIpc) is 2.29. The number of para-hydroxylation sites is 1. The Hall–Kier alpha value is -1.71. The number of methoxy groups -OCH3 is 1. The molecule has 0 heterocycles. The van der Waals surface area contributed by atoms with Crippen LogP contribution in [0.1, 0.15) is 30.1 Å². The van der Waals surface area contributed by atoms with E-state index in [-0.39, 0.29) is 0 Å². The summed E-state index contributed by atoms with van der Waals surface area (Å²) >= 11 is 0. The fraction of sp³-hybridized carbons (Fsp3) is 0.417. The molecule has 0 bridgehead atoms. The molecule has 1 aromatic carbocycles. The molecule has 4 nitrogen and oxygen atoms in total. The summed E-state index contributed by atoms with van der Waals surface area (Å²) in [5.74, 6) is -0.0124. The molecule has 0 amide bonds. The maximum atomic E-state index is 11.7. The zero-order valence-electron chi connectivity index (χ0n) is 9.66. The zero-order chi connectivity index (χ0) is 12.0. The van der Waals surface area contributed by atoms with Crippen molar-refractivity contribution in [1.29, 1.82) is 0 Å². The van der Waals surface area contributed by atoms with E-state index in [0.29, 0.717) is 23.6 Å². The molecule has 0 aliphatic carbocycles. The number of carbonyl (C=O) groups excluding carboxylic acids is 1. The van der Waals surface area contributed by atoms with Gasteiger partial charge in [-0.05, 0) is 18.6 Å². The van der Waals surface area contributed by atoms with Crippen molar-refractivity contribution >= 4 is 11.7 Å². The number of unbranched alkanes of at least 4 members (excludes halogenated alkanes) is 1. The number of nitrogen functional groups attached to an aromatic ring is 1. The van der Waals surface area contributed by atoms with Crippen LogP contribution in [0.25, 0.3) is 0 Å². The van der Waals surface area contributed by atoms with Crippen molar-refractivity contribution in [3.05, 3.63) is 23.8 Å². The van der Waals surface area contributed by atoms with E-state index < -0.39 is 5.97 Å². The second-order valence-electron chi connectivity index (χ2n) is 3.42. The summed E-state index contributed by atoms with van der Waals surface area (Å²) in [7, 11) is 1.48. The minimum atomic E-state index is -0.391. The molecular weight excluding hydrogens is 206 g/mol. The molecule has 1 rings (SSSR count). The Bertz CT molecular complexity index is 363. The highest BCUT2D eigenvalue weighted by atomic mass is 16.5. The normalized spacial score (nSPS) is 9.88. The van der Waals surface area contributed by atoms with Gasteiger partial charge in [-0.3, -0.25) is 0 Å². The highest BCUT2D eigenvalue weighted by Gasteiger charge is 2.15. The topological polar surface area (TPSA) is 61.5 Å². The molecule has 2 N–H and O–H groups in total. The van der Waals surface area contributed by atoms with E-state index in [1.807, 2.05) is 6.92 Å². The van der Waals surface area contributed by atoms with Gasteiger partial charge in [0.25, 0.3) is 0 Å². The van der Waals surface area contributed by atoms with Crippen LogP contribution in [-0.4, -0.2) is 19.7 Å². The predicted molar refractivity (Wildman–Crippen MR) is 62.6 cm³/mol. The zero-order valence-corrected chi connectivity index (χ0v) is 9.66. The van der Waals surface area contributed by atoms with Crippen LogP contribution in [-0.2, 0) is 4.74 Å². The lowest BCUT2D eigenvalue weighted by molar-refractivity contribution is 0.0496. The van der Waals surface area contributed by atoms with Gasteiger partial charge < -0.3 is 15.2 Å². The Balaban J connectivity index is 2.78. The van der Waals surface area contributed by atoms with Crippen molar-refractivity contribution in [3.63, 3.8) is 0 Å². The molecule has 0 saturated carbocycles. The Morgan fingerprint density at radius 3 is 2.81 bits per heavy atom. The summed E-state index contributed by atoms with van der Waals surface area (Å²) in [5.41, 5.74) is 6.50. The number of nitrogens with two attached hydrogens (primary N) is 1. The molecule has 4 heteroatoms. The van der Waals surface area contributed by atoms with Crippen molar-refractivity contribution in [2.75, 3.05) is 19.5 Å². The number of hydrogen-bond acceptors (Lipinski definition) is 4. The van der Waals surface area contributed by atoms with Crippen molar-refractivity contribution in [2.45, 2.75) is 19.8 Å². The monoisotopic (exact) mass is 223 g/mol. The van der Waals surface area contributed by atoms with Crippen LogP contribution < -0.4 is 10.5 Å². The van der Waals surface area contributed by atoms with Gasteiger partial charge in [0.2, 0.25) is 0 Å². The molecule has 0 atom stereocenters. The fourth-order valence-corrected chi connectivity index (χ4v) is 1.33. The van der Waals surface area contributed by atoms with Gasteiger partial charge in [-0.1, -0.05) is 19.4 Å². The van der Waals surface area contributed by atoms with E-state index in [0.717, 1.165) is 12.8 Å². The van der Waals surface area contributed by atoms with E-state index in [1.54, 1.807) is 18.2 Å². The Kier molecular flexibility index (Phi) is 4.64. The van der Waals surface area contributed by atoms with Crippen LogP contribution in [0.5, 0.6) is 5.75 Å². The van der Waals surface area contributed by atoms with Crippen LogP contribution in [0.15, 0.2) is 18.2 Å². The first kappa shape index (κ1) is 12.4. The summed E-state index contributed by atoms with van der Waals surface area (Å²) < 4.78 is 10.2. The minimum absolute atomic E-state index is 0.374. The summed E-state index contributed by atoms with van der Waals surface area (Å²) in [6, 6.07) is 5.03. The predicted octanol–water partition coefficient (Wildman–Crippen LogP) is 2.23. The Labute approximate surface area is 95.3 Å². The second kappa shape index (κ2) is 6.00. The highest BCUT2D eigenvalue weighted by Crippen LogP contribution is 2.26. The van der Waals surface area contributed by atoms with Gasteiger partial charge in [-0.15, -0.1) is 0 Å². The third kappa shape index (κ3) is 2.89. The third-order valence-corrected chi connectivity index (χ3v) is 2.20. The number of esters is 1. The van der Waals surface area contributed by atoms with Gasteiger partial charge in [-0.2, -0.15) is 0 Å². The number of rotatable bonds is 5. The highest BCUT2D eigenvalue weighted by molar-refractivity contribution is 5.94. The van der Waals surface area contributed by atoms with E-state index >= 15 is 0 Å². The molecule has 0 spiro atoms. The Morgan fingerprint density at radius 1 is 1.44 bits per heavy atom. The average molecular weight is 223 g/mol. The standard InChI is InChI=1S/C12H17NO3/c1-3-4-8-16-12(14)9-6-5-7-10(13)11(9)15-2/h5-7H,3-4,8,13H2,1-2H3. The number of benzene rings is 1. The number of anilines is 1. The van der Waals surface area contributed by atoms with E-state index in [9.17, 15) is 4.79 Å². The van der Waals surface area contributed by atoms with Gasteiger partial charge in [-0.25, -0.2) is 4.79 Å². The first-order chi connectivity index (χ1) is 7.70. The van der Waals surface area contributed by atoms with Gasteiger partial charge >= 0.3 is 5.97 Å². The van der Waals surface area contributed by atoms with Gasteiger partial charge in [0, 0.05) is 0 Å². The van der Waals surface area contributed by atoms with Crippen LogP contribution in [0.3, 0.4) is 0 Å². The summed E-state index contributed by atoms with van der Waals surface area (Å²) in [5, 5.41) is 0. The molecule has 88 valence electrons. The van der Waals surface area contributed by atoms with E-state index in [4.69, 9.17) is 15.2 Å². The third-order valence-electron chi connectivity index (χ3n) is 2.20. The fourth-order valence-electron chi connectivity index (χ4n) is 1.33. The van der Waals surface area contributed by atoms with Crippen molar-refractivity contribution in [2.24, 2.45) is 0 Å². The molecule has 0 aliphatic rings. The minimum Gasteiger partial charge on any atom is -0.494 e. The maximum Gasteiger partial charge on any atom is 0.342 e. The van der Waals surface area contributed by atoms with Crippen molar-refractivity contribution < 1.29 is 14.3 Å². The van der Waals surface area contributed by atoms with E-state index in [1.165, 1.54) is 7.11 Å². The number of carbonyl (C=O) groups is 1. The van der Waals surface area contributed by atoms with Gasteiger partial charge in [0.05, 0.1) is 19.4 Å². The van der Waals surface area contributed by atoms with Crippen LogP contribution >= 0.6 is 0 Å². The van der Waals surface area contributed by atoms with Crippen LogP contribution in [0.4, 0.5) is 5.69 Å². The SMILES string of the molecule is CCCCOC(=O)c1cccc(N)c1OC. The molecule has 0 aromatic heterocycles. The largest absolute Gasteiger partial charge is 0.494 e. The van der Waals surface area contributed by atoms with Gasteiger partial charge in [0.1, 0.15) is 5.56 Å².